The first kappa shape index (κ1) is 11.7. The Bertz CT molecular complexity index is 228. The van der Waals surface area contributed by atoms with Gasteiger partial charge in [-0.25, -0.2) is 0 Å². The van der Waals surface area contributed by atoms with Gasteiger partial charge in [-0.05, 0) is 19.8 Å². The molecule has 1 aliphatic rings. The average Bonchev–Trinajstić information content (AvgIpc) is 2.42. The van der Waals surface area contributed by atoms with E-state index in [1.807, 2.05) is 6.92 Å². The van der Waals surface area contributed by atoms with Crippen LogP contribution < -0.4 is 5.32 Å². The van der Waals surface area contributed by atoms with Crippen molar-refractivity contribution in [1.82, 2.24) is 5.32 Å². The van der Waals surface area contributed by atoms with E-state index in [1.165, 1.54) is 19.3 Å². The molecule has 0 aromatic heterocycles. The van der Waals surface area contributed by atoms with Gasteiger partial charge in [0.1, 0.15) is 0 Å². The standard InChI is InChI=1S/C10H20N2OS/c1-9(14(2)13)8-12-10-6-4-3-5-7-11-10/h9H,3-8H2,1-2H3,(H,11,12). The molecule has 1 N–H and O–H groups in total. The van der Waals surface area contributed by atoms with Gasteiger partial charge in [-0.2, -0.15) is 0 Å². The van der Waals surface area contributed by atoms with Crippen molar-refractivity contribution in [1.29, 1.82) is 0 Å². The number of aliphatic imine (C=N–C) groups is 1. The number of hydrogen-bond acceptors (Lipinski definition) is 3. The van der Waals surface area contributed by atoms with Crippen LogP contribution in [0.4, 0.5) is 0 Å². The highest BCUT2D eigenvalue weighted by atomic mass is 32.2. The van der Waals surface area contributed by atoms with Gasteiger partial charge >= 0.3 is 0 Å². The maximum absolute atomic E-state index is 11.1. The fourth-order valence-electron chi connectivity index (χ4n) is 1.40. The summed E-state index contributed by atoms with van der Waals surface area (Å²) < 4.78 is 11.1. The Morgan fingerprint density at radius 3 is 3.00 bits per heavy atom. The smallest absolute Gasteiger partial charge is 0.0963 e. The van der Waals surface area contributed by atoms with Crippen LogP contribution in [0.1, 0.15) is 32.6 Å². The molecule has 0 radical (unpaired) electrons. The fourth-order valence-corrected chi connectivity index (χ4v) is 1.72. The molecule has 82 valence electrons. The van der Waals surface area contributed by atoms with Crippen LogP contribution in [0, 0.1) is 0 Å². The molecule has 2 atom stereocenters. The summed E-state index contributed by atoms with van der Waals surface area (Å²) in [5.41, 5.74) is 0. The van der Waals surface area contributed by atoms with Crippen LogP contribution in [0.2, 0.25) is 0 Å². The normalized spacial score (nSPS) is 22.0. The highest BCUT2D eigenvalue weighted by Gasteiger charge is 2.08. The topological polar surface area (TPSA) is 41.5 Å². The minimum Gasteiger partial charge on any atom is -0.373 e. The zero-order chi connectivity index (χ0) is 10.4. The lowest BCUT2D eigenvalue weighted by molar-refractivity contribution is 0.673. The molecule has 1 rings (SSSR count). The summed E-state index contributed by atoms with van der Waals surface area (Å²) in [6.45, 7) is 3.73. The highest BCUT2D eigenvalue weighted by molar-refractivity contribution is 7.84. The van der Waals surface area contributed by atoms with Gasteiger partial charge in [0.15, 0.2) is 0 Å². The zero-order valence-corrected chi connectivity index (χ0v) is 9.90. The Kier molecular flexibility index (Phi) is 5.15. The second-order valence-electron chi connectivity index (χ2n) is 3.83. The van der Waals surface area contributed by atoms with Crippen LogP contribution >= 0.6 is 0 Å². The van der Waals surface area contributed by atoms with Gasteiger partial charge < -0.3 is 5.32 Å². The Labute approximate surface area is 88.8 Å². The van der Waals surface area contributed by atoms with Gasteiger partial charge in [0, 0.05) is 41.8 Å². The predicted octanol–water partition coefficient (Wildman–Crippen LogP) is 1.32. The Morgan fingerprint density at radius 1 is 1.50 bits per heavy atom. The summed E-state index contributed by atoms with van der Waals surface area (Å²) in [4.78, 5) is 4.46. The van der Waals surface area contributed by atoms with E-state index >= 15 is 0 Å². The van der Waals surface area contributed by atoms with Crippen molar-refractivity contribution in [3.05, 3.63) is 0 Å². The van der Waals surface area contributed by atoms with E-state index in [0.717, 1.165) is 25.3 Å². The molecule has 2 unspecified atom stereocenters. The summed E-state index contributed by atoms with van der Waals surface area (Å²) in [6.07, 6.45) is 6.53. The molecule has 1 heterocycles. The molecule has 14 heavy (non-hydrogen) atoms. The second-order valence-corrected chi connectivity index (χ2v) is 5.63. The van der Waals surface area contributed by atoms with Gasteiger partial charge in [0.2, 0.25) is 0 Å². The molecule has 0 saturated carbocycles. The van der Waals surface area contributed by atoms with Crippen LogP contribution in [0.5, 0.6) is 0 Å². The van der Waals surface area contributed by atoms with Gasteiger partial charge in [0.05, 0.1) is 5.84 Å². The third-order valence-corrected chi connectivity index (χ3v) is 3.83. The Morgan fingerprint density at radius 2 is 2.29 bits per heavy atom. The van der Waals surface area contributed by atoms with E-state index < -0.39 is 10.8 Å². The maximum atomic E-state index is 11.1. The largest absolute Gasteiger partial charge is 0.373 e. The summed E-state index contributed by atoms with van der Waals surface area (Å²) in [5.74, 6) is 1.11. The van der Waals surface area contributed by atoms with E-state index in [0.29, 0.717) is 0 Å². The van der Waals surface area contributed by atoms with Gasteiger partial charge in [-0.1, -0.05) is 6.42 Å². The van der Waals surface area contributed by atoms with E-state index in [-0.39, 0.29) is 5.25 Å². The van der Waals surface area contributed by atoms with Gasteiger partial charge in [-0.15, -0.1) is 0 Å². The van der Waals surface area contributed by atoms with Crippen LogP contribution in [0.25, 0.3) is 0 Å². The summed E-state index contributed by atoms with van der Waals surface area (Å²) in [5, 5.41) is 3.51. The van der Waals surface area contributed by atoms with Crippen LogP contribution in [0.3, 0.4) is 0 Å². The first-order valence-electron chi connectivity index (χ1n) is 5.29. The molecule has 0 bridgehead atoms. The molecule has 0 amide bonds. The predicted molar refractivity (Wildman–Crippen MR) is 62.3 cm³/mol. The van der Waals surface area contributed by atoms with Crippen molar-refractivity contribution < 1.29 is 4.21 Å². The monoisotopic (exact) mass is 216 g/mol. The molecule has 4 heteroatoms. The van der Waals surface area contributed by atoms with Crippen molar-refractivity contribution in [3.8, 4) is 0 Å². The van der Waals surface area contributed by atoms with E-state index in [4.69, 9.17) is 0 Å². The van der Waals surface area contributed by atoms with Gasteiger partial charge in [0.25, 0.3) is 0 Å². The zero-order valence-electron chi connectivity index (χ0n) is 9.08. The molecular formula is C10H20N2OS. The second kappa shape index (κ2) is 6.17. The molecule has 3 nitrogen and oxygen atoms in total. The molecule has 0 aliphatic carbocycles. The molecule has 0 spiro atoms. The Balaban J connectivity index is 2.29. The maximum Gasteiger partial charge on any atom is 0.0963 e. The SMILES string of the molecule is CC(CNC1=NCCCCC1)S(C)=O. The van der Waals surface area contributed by atoms with Crippen LogP contribution in [-0.4, -0.2) is 34.6 Å². The fraction of sp³-hybridized carbons (Fsp3) is 0.900. The molecule has 0 fully saturated rings. The number of hydrogen-bond donors (Lipinski definition) is 1. The Hall–Kier alpha value is -0.380. The lowest BCUT2D eigenvalue weighted by atomic mass is 10.2. The number of nitrogens with zero attached hydrogens (tertiary/aromatic N) is 1. The number of nitrogens with one attached hydrogen (secondary N) is 1. The third kappa shape index (κ3) is 4.22. The van der Waals surface area contributed by atoms with Crippen molar-refractivity contribution in [2.24, 2.45) is 4.99 Å². The van der Waals surface area contributed by atoms with E-state index in [9.17, 15) is 4.21 Å². The highest BCUT2D eigenvalue weighted by Crippen LogP contribution is 2.06. The summed E-state index contributed by atoms with van der Waals surface area (Å²) in [6, 6.07) is 0. The number of amidine groups is 1. The minimum atomic E-state index is -0.736. The average molecular weight is 216 g/mol. The molecule has 1 aliphatic heterocycles. The quantitative estimate of drug-likeness (QED) is 0.773. The van der Waals surface area contributed by atoms with Crippen molar-refractivity contribution in [2.75, 3.05) is 19.3 Å². The van der Waals surface area contributed by atoms with Crippen LogP contribution in [0.15, 0.2) is 4.99 Å². The van der Waals surface area contributed by atoms with Gasteiger partial charge in [-0.3, -0.25) is 9.20 Å². The third-order valence-electron chi connectivity index (χ3n) is 2.53. The van der Waals surface area contributed by atoms with E-state index in [1.54, 1.807) is 6.26 Å². The lowest BCUT2D eigenvalue weighted by Gasteiger charge is -2.12. The van der Waals surface area contributed by atoms with Crippen molar-refractivity contribution >= 4 is 16.6 Å². The molecule has 0 saturated heterocycles. The number of rotatable bonds is 3. The summed E-state index contributed by atoms with van der Waals surface area (Å²) in [7, 11) is -0.736. The van der Waals surface area contributed by atoms with Crippen molar-refractivity contribution in [3.63, 3.8) is 0 Å². The minimum absolute atomic E-state index is 0.209. The van der Waals surface area contributed by atoms with E-state index in [2.05, 4.69) is 10.3 Å². The lowest BCUT2D eigenvalue weighted by Crippen LogP contribution is -2.32. The van der Waals surface area contributed by atoms with Crippen molar-refractivity contribution in [2.45, 2.75) is 37.9 Å². The molecular weight excluding hydrogens is 196 g/mol. The molecule has 0 aromatic carbocycles. The first-order chi connectivity index (χ1) is 6.70. The summed E-state index contributed by atoms with van der Waals surface area (Å²) >= 11 is 0. The first-order valence-corrected chi connectivity index (χ1v) is 6.91. The van der Waals surface area contributed by atoms with Crippen LogP contribution in [-0.2, 0) is 10.8 Å². The molecule has 0 aromatic rings.